The van der Waals surface area contributed by atoms with Crippen LogP contribution in [0.1, 0.15) is 13.8 Å². The van der Waals surface area contributed by atoms with Crippen molar-refractivity contribution in [1.82, 2.24) is 5.32 Å². The molecule has 1 saturated heterocycles. The average molecular weight is 158 g/mol. The molecule has 0 unspecified atom stereocenters. The molecular formula is C7H14N2S. The minimum Gasteiger partial charge on any atom is -0.364 e. The molecule has 1 heterocycles. The molecule has 1 N–H and O–H groups in total. The van der Waals surface area contributed by atoms with E-state index in [0.29, 0.717) is 5.41 Å². The normalized spacial score (nSPS) is 28.1. The Morgan fingerprint density at radius 3 is 2.70 bits per heavy atom. The molecule has 58 valence electrons. The second kappa shape index (κ2) is 2.82. The van der Waals surface area contributed by atoms with E-state index in [2.05, 4.69) is 24.2 Å². The molecule has 1 aliphatic rings. The van der Waals surface area contributed by atoms with Gasteiger partial charge in [-0.25, -0.2) is 0 Å². The number of nitrogens with one attached hydrogen (secondary N) is 1. The van der Waals surface area contributed by atoms with Gasteiger partial charge in [0.25, 0.3) is 0 Å². The van der Waals surface area contributed by atoms with E-state index in [4.69, 9.17) is 0 Å². The molecule has 0 spiro atoms. The van der Waals surface area contributed by atoms with Gasteiger partial charge in [-0.3, -0.25) is 4.99 Å². The zero-order valence-electron chi connectivity index (χ0n) is 6.77. The van der Waals surface area contributed by atoms with E-state index >= 15 is 0 Å². The van der Waals surface area contributed by atoms with Crippen LogP contribution in [0.3, 0.4) is 0 Å². The highest BCUT2D eigenvalue weighted by molar-refractivity contribution is 8.13. The monoisotopic (exact) mass is 158 g/mol. The highest BCUT2D eigenvalue weighted by atomic mass is 32.2. The van der Waals surface area contributed by atoms with Crippen molar-refractivity contribution in [1.29, 1.82) is 0 Å². The Morgan fingerprint density at radius 1 is 1.60 bits per heavy atom. The number of aliphatic imine (C=N–C) groups is 1. The van der Waals surface area contributed by atoms with Crippen molar-refractivity contribution in [2.75, 3.05) is 19.3 Å². The van der Waals surface area contributed by atoms with Gasteiger partial charge in [0, 0.05) is 19.3 Å². The van der Waals surface area contributed by atoms with Gasteiger partial charge in [0.1, 0.15) is 0 Å². The first-order chi connectivity index (χ1) is 4.64. The second-order valence-corrected chi connectivity index (χ2v) is 4.30. The summed E-state index contributed by atoms with van der Waals surface area (Å²) in [6, 6.07) is 0. The Morgan fingerprint density at radius 2 is 2.30 bits per heavy atom. The molecule has 10 heavy (non-hydrogen) atoms. The lowest BCUT2D eigenvalue weighted by Gasteiger charge is -2.30. The first-order valence-corrected chi connectivity index (χ1v) is 4.46. The van der Waals surface area contributed by atoms with Gasteiger partial charge in [-0.15, -0.1) is 0 Å². The largest absolute Gasteiger partial charge is 0.364 e. The zero-order chi connectivity index (χ0) is 7.61. The molecule has 0 atom stereocenters. The molecule has 3 heteroatoms. The Hall–Kier alpha value is -0.180. The highest BCUT2D eigenvalue weighted by Gasteiger charge is 2.23. The Kier molecular flexibility index (Phi) is 2.24. The smallest absolute Gasteiger partial charge is 0.156 e. The van der Waals surface area contributed by atoms with Gasteiger partial charge >= 0.3 is 0 Å². The van der Waals surface area contributed by atoms with Crippen molar-refractivity contribution in [2.24, 2.45) is 10.4 Å². The lowest BCUT2D eigenvalue weighted by Crippen LogP contribution is -2.39. The zero-order valence-corrected chi connectivity index (χ0v) is 7.59. The Labute approximate surface area is 66.5 Å². The molecule has 1 fully saturated rings. The van der Waals surface area contributed by atoms with Gasteiger partial charge in [-0.05, 0) is 5.41 Å². The number of thioether (sulfide) groups is 1. The summed E-state index contributed by atoms with van der Waals surface area (Å²) >= 11 is 1.81. The third-order valence-electron chi connectivity index (χ3n) is 1.52. The maximum absolute atomic E-state index is 4.08. The van der Waals surface area contributed by atoms with Crippen LogP contribution in [0.2, 0.25) is 0 Å². The van der Waals surface area contributed by atoms with Crippen LogP contribution in [0, 0.1) is 5.41 Å². The summed E-state index contributed by atoms with van der Waals surface area (Å²) < 4.78 is 0. The Bertz CT molecular complexity index is 140. The highest BCUT2D eigenvalue weighted by Crippen LogP contribution is 2.25. The van der Waals surface area contributed by atoms with Crippen LogP contribution in [0.5, 0.6) is 0 Å². The predicted octanol–water partition coefficient (Wildman–Crippen LogP) is 1.33. The van der Waals surface area contributed by atoms with E-state index in [1.54, 1.807) is 0 Å². The second-order valence-electron chi connectivity index (χ2n) is 3.34. The van der Waals surface area contributed by atoms with Crippen molar-refractivity contribution >= 4 is 16.9 Å². The van der Waals surface area contributed by atoms with Gasteiger partial charge < -0.3 is 5.32 Å². The van der Waals surface area contributed by atoms with E-state index in [9.17, 15) is 0 Å². The lowest BCUT2D eigenvalue weighted by molar-refractivity contribution is 0.415. The summed E-state index contributed by atoms with van der Waals surface area (Å²) in [6.07, 6.45) is 0. The molecule has 0 aromatic heterocycles. The molecule has 1 aliphatic heterocycles. The number of rotatable bonds is 0. The molecule has 0 amide bonds. The molecule has 0 saturated carbocycles. The topological polar surface area (TPSA) is 24.4 Å². The van der Waals surface area contributed by atoms with Crippen LogP contribution >= 0.6 is 11.8 Å². The summed E-state index contributed by atoms with van der Waals surface area (Å²) in [6.45, 7) is 5.57. The van der Waals surface area contributed by atoms with Gasteiger partial charge in [-0.2, -0.15) is 0 Å². The van der Waals surface area contributed by atoms with E-state index in [0.717, 1.165) is 11.7 Å². The summed E-state index contributed by atoms with van der Waals surface area (Å²) in [5.41, 5.74) is 0.429. The lowest BCUT2D eigenvalue weighted by atomic mass is 9.96. The van der Waals surface area contributed by atoms with Crippen LogP contribution in [0.15, 0.2) is 4.99 Å². The molecule has 0 bridgehead atoms. The summed E-state index contributed by atoms with van der Waals surface area (Å²) in [5.74, 6) is 1.17. The summed E-state index contributed by atoms with van der Waals surface area (Å²) in [5, 5.41) is 4.35. The van der Waals surface area contributed by atoms with Gasteiger partial charge in [0.15, 0.2) is 5.17 Å². The molecule has 0 radical (unpaired) electrons. The van der Waals surface area contributed by atoms with Crippen LogP contribution in [0.25, 0.3) is 0 Å². The maximum Gasteiger partial charge on any atom is 0.156 e. The van der Waals surface area contributed by atoms with Crippen LogP contribution < -0.4 is 5.32 Å². The SMILES string of the molecule is CN=C1NCC(C)(C)CS1. The number of hydrogen-bond donors (Lipinski definition) is 1. The first-order valence-electron chi connectivity index (χ1n) is 3.47. The summed E-state index contributed by atoms with van der Waals surface area (Å²) in [7, 11) is 1.83. The van der Waals surface area contributed by atoms with Crippen molar-refractivity contribution in [3.05, 3.63) is 0 Å². The van der Waals surface area contributed by atoms with Crippen molar-refractivity contribution in [3.8, 4) is 0 Å². The van der Waals surface area contributed by atoms with Crippen molar-refractivity contribution < 1.29 is 0 Å². The molecular weight excluding hydrogens is 144 g/mol. The van der Waals surface area contributed by atoms with E-state index in [1.807, 2.05) is 18.8 Å². The van der Waals surface area contributed by atoms with Gasteiger partial charge in [-0.1, -0.05) is 25.6 Å². The van der Waals surface area contributed by atoms with Gasteiger partial charge in [0.2, 0.25) is 0 Å². The molecule has 0 aromatic rings. The minimum absolute atomic E-state index is 0.429. The van der Waals surface area contributed by atoms with Crippen molar-refractivity contribution in [2.45, 2.75) is 13.8 Å². The first kappa shape index (κ1) is 7.92. The third kappa shape index (κ3) is 1.90. The predicted molar refractivity (Wildman–Crippen MR) is 47.6 cm³/mol. The number of amidine groups is 1. The fourth-order valence-corrected chi connectivity index (χ4v) is 1.76. The minimum atomic E-state index is 0.429. The van der Waals surface area contributed by atoms with E-state index in [1.165, 1.54) is 5.75 Å². The Balaban J connectivity index is 2.46. The molecule has 2 nitrogen and oxygen atoms in total. The standard InChI is InChI=1S/C7H14N2S/c1-7(2)4-9-6(8-3)10-5-7/h4-5H2,1-3H3,(H,8,9). The van der Waals surface area contributed by atoms with Crippen molar-refractivity contribution in [3.63, 3.8) is 0 Å². The average Bonchev–Trinajstić information content (AvgIpc) is 1.88. The van der Waals surface area contributed by atoms with Crippen LogP contribution in [-0.2, 0) is 0 Å². The number of hydrogen-bond acceptors (Lipinski definition) is 2. The van der Waals surface area contributed by atoms with Crippen LogP contribution in [0.4, 0.5) is 0 Å². The quantitative estimate of drug-likeness (QED) is 0.575. The molecule has 0 aromatic carbocycles. The fourth-order valence-electron chi connectivity index (χ4n) is 0.824. The fraction of sp³-hybridized carbons (Fsp3) is 0.857. The molecule has 1 rings (SSSR count). The summed E-state index contributed by atoms with van der Waals surface area (Å²) in [4.78, 5) is 4.08. The van der Waals surface area contributed by atoms with Gasteiger partial charge in [0.05, 0.1) is 0 Å². The van der Waals surface area contributed by atoms with E-state index < -0.39 is 0 Å². The van der Waals surface area contributed by atoms with Crippen LogP contribution in [-0.4, -0.2) is 24.5 Å². The third-order valence-corrected chi connectivity index (χ3v) is 3.05. The molecule has 0 aliphatic carbocycles. The van der Waals surface area contributed by atoms with E-state index in [-0.39, 0.29) is 0 Å². The number of nitrogens with zero attached hydrogens (tertiary/aromatic N) is 1. The maximum atomic E-state index is 4.08.